The first-order chi connectivity index (χ1) is 16.5. The minimum absolute atomic E-state index is 0.0516. The standard InChI is InChI=1S/C26H23ClF2N2O3/c1-30-13-26(14-6-4-3-5-7-14)22-20-18(34-26)12-16(28)23(27)21(20)19-15(25(22)31-2)8-9-17(24(19)29)33-11-10-32/h3-9,12,30-32H,10-11,13H2,1-2H3/t26-/m1/s1. The second kappa shape index (κ2) is 8.58. The van der Waals surface area contributed by atoms with Crippen LogP contribution in [-0.2, 0) is 5.60 Å². The number of likely N-dealkylation sites (N-methyl/N-ethyl adjacent to an activating group) is 1. The molecule has 4 aromatic carbocycles. The molecule has 4 aromatic rings. The van der Waals surface area contributed by atoms with E-state index >= 15 is 8.78 Å². The zero-order valence-corrected chi connectivity index (χ0v) is 19.4. The van der Waals surface area contributed by atoms with E-state index in [-0.39, 0.29) is 40.5 Å². The smallest absolute Gasteiger partial charge is 0.174 e. The van der Waals surface area contributed by atoms with Gasteiger partial charge in [-0.3, -0.25) is 0 Å². The van der Waals surface area contributed by atoms with Crippen LogP contribution in [0.3, 0.4) is 0 Å². The SMILES string of the molecule is CNC[C@]1(c2ccccc2)Oc2cc(F)c(Cl)c3c2c1c(NC)c1ccc(OCCO)c(F)c13. The number of aliphatic hydroxyl groups excluding tert-OH is 1. The van der Waals surface area contributed by atoms with Crippen molar-refractivity contribution in [1.29, 1.82) is 0 Å². The molecular formula is C26H23ClF2N2O3. The highest BCUT2D eigenvalue weighted by Crippen LogP contribution is 2.56. The van der Waals surface area contributed by atoms with E-state index in [9.17, 15) is 0 Å². The lowest BCUT2D eigenvalue weighted by molar-refractivity contribution is 0.128. The molecule has 176 valence electrons. The number of ether oxygens (including phenoxy) is 2. The highest BCUT2D eigenvalue weighted by atomic mass is 35.5. The fraction of sp³-hybridized carbons (Fsp3) is 0.231. The molecule has 0 saturated heterocycles. The summed E-state index contributed by atoms with van der Waals surface area (Å²) in [5, 5.41) is 16.8. The van der Waals surface area contributed by atoms with Crippen LogP contribution in [0.5, 0.6) is 11.5 Å². The number of aliphatic hydroxyl groups is 1. The average Bonchev–Trinajstić information content (AvgIpc) is 3.17. The van der Waals surface area contributed by atoms with E-state index in [0.29, 0.717) is 23.0 Å². The molecule has 0 saturated carbocycles. The lowest BCUT2D eigenvalue weighted by Crippen LogP contribution is -2.41. The van der Waals surface area contributed by atoms with Gasteiger partial charge >= 0.3 is 0 Å². The second-order valence-electron chi connectivity index (χ2n) is 8.12. The quantitative estimate of drug-likeness (QED) is 0.315. The molecule has 0 aromatic heterocycles. The average molecular weight is 485 g/mol. The fourth-order valence-electron chi connectivity index (χ4n) is 4.99. The Morgan fingerprint density at radius 3 is 2.50 bits per heavy atom. The van der Waals surface area contributed by atoms with E-state index in [1.165, 1.54) is 12.1 Å². The van der Waals surface area contributed by atoms with Crippen molar-refractivity contribution in [1.82, 2.24) is 5.32 Å². The number of anilines is 1. The zero-order chi connectivity index (χ0) is 24.0. The van der Waals surface area contributed by atoms with E-state index in [1.807, 2.05) is 37.4 Å². The van der Waals surface area contributed by atoms with E-state index < -0.39 is 17.2 Å². The Kier molecular flexibility index (Phi) is 5.72. The second-order valence-corrected chi connectivity index (χ2v) is 8.50. The summed E-state index contributed by atoms with van der Waals surface area (Å²) in [6, 6.07) is 14.1. The summed E-state index contributed by atoms with van der Waals surface area (Å²) in [6.45, 7) is 0.0311. The zero-order valence-electron chi connectivity index (χ0n) is 18.6. The number of hydrogen-bond donors (Lipinski definition) is 3. The van der Waals surface area contributed by atoms with Crippen LogP contribution in [0, 0.1) is 11.6 Å². The number of nitrogens with one attached hydrogen (secondary N) is 2. The third-order valence-electron chi connectivity index (χ3n) is 6.26. The van der Waals surface area contributed by atoms with Gasteiger partial charge in [0.2, 0.25) is 0 Å². The molecule has 5 rings (SSSR count). The summed E-state index contributed by atoms with van der Waals surface area (Å²) in [6.07, 6.45) is 0. The van der Waals surface area contributed by atoms with E-state index in [4.69, 9.17) is 26.2 Å². The normalized spacial score (nSPS) is 16.8. The molecule has 0 unspecified atom stereocenters. The van der Waals surface area contributed by atoms with Crippen LogP contribution in [-0.4, -0.2) is 39.0 Å². The van der Waals surface area contributed by atoms with Gasteiger partial charge in [0.15, 0.2) is 17.2 Å². The highest BCUT2D eigenvalue weighted by molar-refractivity contribution is 6.39. The minimum atomic E-state index is -1.01. The summed E-state index contributed by atoms with van der Waals surface area (Å²) < 4.78 is 42.8. The lowest BCUT2D eigenvalue weighted by atomic mass is 9.81. The summed E-state index contributed by atoms with van der Waals surface area (Å²) in [5.41, 5.74) is 1.24. The molecule has 1 atom stereocenters. The summed E-state index contributed by atoms with van der Waals surface area (Å²) in [4.78, 5) is 0. The monoisotopic (exact) mass is 484 g/mol. The van der Waals surface area contributed by atoms with Crippen molar-refractivity contribution in [3.63, 3.8) is 0 Å². The van der Waals surface area contributed by atoms with Crippen LogP contribution >= 0.6 is 11.6 Å². The van der Waals surface area contributed by atoms with E-state index in [0.717, 1.165) is 11.1 Å². The molecular weight excluding hydrogens is 462 g/mol. The predicted octanol–water partition coefficient (Wildman–Crippen LogP) is 5.19. The van der Waals surface area contributed by atoms with Crippen molar-refractivity contribution in [3.05, 3.63) is 76.3 Å². The first-order valence-electron chi connectivity index (χ1n) is 10.9. The maximum Gasteiger partial charge on any atom is 0.174 e. The first kappa shape index (κ1) is 22.7. The predicted molar refractivity (Wildman–Crippen MR) is 130 cm³/mol. The Bertz CT molecular complexity index is 1410. The third-order valence-corrected chi connectivity index (χ3v) is 6.63. The Hall–Kier alpha value is -3.13. The van der Waals surface area contributed by atoms with Crippen LogP contribution in [0.25, 0.3) is 21.5 Å². The van der Waals surface area contributed by atoms with Gasteiger partial charge in [-0.2, -0.15) is 0 Å². The molecule has 0 bridgehead atoms. The lowest BCUT2D eigenvalue weighted by Gasteiger charge is -2.32. The maximum absolute atomic E-state index is 15.8. The molecule has 1 heterocycles. The summed E-state index contributed by atoms with van der Waals surface area (Å²) in [5.74, 6) is -1.16. The van der Waals surface area contributed by atoms with Crippen molar-refractivity contribution >= 4 is 38.8 Å². The van der Waals surface area contributed by atoms with Gasteiger partial charge in [0.25, 0.3) is 0 Å². The number of fused-ring (bicyclic) bond motifs is 2. The van der Waals surface area contributed by atoms with Crippen molar-refractivity contribution in [2.24, 2.45) is 0 Å². The van der Waals surface area contributed by atoms with Crippen molar-refractivity contribution in [2.45, 2.75) is 5.60 Å². The molecule has 0 aliphatic carbocycles. The van der Waals surface area contributed by atoms with Crippen molar-refractivity contribution in [2.75, 3.05) is 39.2 Å². The number of halogens is 3. The topological polar surface area (TPSA) is 62.8 Å². The third kappa shape index (κ3) is 3.11. The summed E-state index contributed by atoms with van der Waals surface area (Å²) >= 11 is 6.50. The number of rotatable bonds is 7. The van der Waals surface area contributed by atoms with Gasteiger partial charge in [0.05, 0.1) is 17.3 Å². The van der Waals surface area contributed by atoms with E-state index in [2.05, 4.69) is 10.6 Å². The molecule has 0 radical (unpaired) electrons. The number of benzene rings is 4. The van der Waals surface area contributed by atoms with Crippen LogP contribution in [0.2, 0.25) is 5.02 Å². The Morgan fingerprint density at radius 2 is 1.82 bits per heavy atom. The molecule has 5 nitrogen and oxygen atoms in total. The first-order valence-corrected chi connectivity index (χ1v) is 11.3. The minimum Gasteiger partial charge on any atom is -0.488 e. The van der Waals surface area contributed by atoms with Gasteiger partial charge < -0.3 is 25.2 Å². The molecule has 0 spiro atoms. The van der Waals surface area contributed by atoms with Crippen LogP contribution in [0.1, 0.15) is 11.1 Å². The molecule has 3 N–H and O–H groups in total. The molecule has 1 aliphatic rings. The molecule has 34 heavy (non-hydrogen) atoms. The van der Waals surface area contributed by atoms with Gasteiger partial charge in [0.1, 0.15) is 18.2 Å². The van der Waals surface area contributed by atoms with Crippen LogP contribution in [0.15, 0.2) is 48.5 Å². The Morgan fingerprint density at radius 1 is 1.06 bits per heavy atom. The maximum atomic E-state index is 15.8. The molecule has 1 aliphatic heterocycles. The van der Waals surface area contributed by atoms with Crippen LogP contribution in [0.4, 0.5) is 14.5 Å². The summed E-state index contributed by atoms with van der Waals surface area (Å²) in [7, 11) is 3.57. The Labute approximate surface area is 200 Å². The largest absolute Gasteiger partial charge is 0.488 e. The van der Waals surface area contributed by atoms with Gasteiger partial charge in [0, 0.05) is 52.3 Å². The number of hydrogen-bond acceptors (Lipinski definition) is 5. The van der Waals surface area contributed by atoms with Gasteiger partial charge in [-0.25, -0.2) is 8.78 Å². The van der Waals surface area contributed by atoms with Gasteiger partial charge in [-0.15, -0.1) is 0 Å². The fourth-order valence-corrected chi connectivity index (χ4v) is 5.23. The molecule has 0 amide bonds. The molecule has 0 fully saturated rings. The molecule has 8 heteroatoms. The van der Waals surface area contributed by atoms with Crippen LogP contribution < -0.4 is 20.1 Å². The van der Waals surface area contributed by atoms with Crippen molar-refractivity contribution in [3.8, 4) is 11.5 Å². The van der Waals surface area contributed by atoms with Gasteiger partial charge in [-0.05, 0) is 19.2 Å². The Balaban J connectivity index is 1.98. The van der Waals surface area contributed by atoms with E-state index in [1.54, 1.807) is 13.1 Å². The highest BCUT2D eigenvalue weighted by Gasteiger charge is 2.47. The van der Waals surface area contributed by atoms with Crippen molar-refractivity contribution < 1.29 is 23.4 Å². The van der Waals surface area contributed by atoms with Gasteiger partial charge in [-0.1, -0.05) is 41.9 Å².